The van der Waals surface area contributed by atoms with Gasteiger partial charge in [0.2, 0.25) is 0 Å². The van der Waals surface area contributed by atoms with Crippen LogP contribution < -0.4 is 5.32 Å². The lowest BCUT2D eigenvalue weighted by Crippen LogP contribution is -2.34. The van der Waals surface area contributed by atoms with Gasteiger partial charge in [0.05, 0.1) is 11.8 Å². The van der Waals surface area contributed by atoms with Gasteiger partial charge in [-0.2, -0.15) is 0 Å². The van der Waals surface area contributed by atoms with Crippen LogP contribution in [0.15, 0.2) is 0 Å². The first-order valence-electron chi connectivity index (χ1n) is 8.72. The number of hydrogen-bond acceptors (Lipinski definition) is 4. The van der Waals surface area contributed by atoms with E-state index < -0.39 is 0 Å². The summed E-state index contributed by atoms with van der Waals surface area (Å²) >= 11 is 0. The second-order valence-electron chi connectivity index (χ2n) is 7.05. The molecule has 1 atom stereocenters. The molecule has 1 fully saturated rings. The summed E-state index contributed by atoms with van der Waals surface area (Å²) in [5.74, 6) is 1.05. The van der Waals surface area contributed by atoms with Crippen LogP contribution in [0.1, 0.15) is 62.1 Å². The molecule has 0 bridgehead atoms. The standard InChI is InChI=1S/C17H30N4O2/c1-12(2)9-15(23-4)10-18-17(22)16-13(3)21(20-19-16)11-14-7-5-6-8-14/h12,14-15H,5-11H2,1-4H3,(H,18,22). The van der Waals surface area contributed by atoms with Crippen molar-refractivity contribution in [2.24, 2.45) is 11.8 Å². The molecule has 1 aromatic rings. The van der Waals surface area contributed by atoms with Crippen LogP contribution in [0.25, 0.3) is 0 Å². The third-order valence-corrected chi connectivity index (χ3v) is 4.66. The van der Waals surface area contributed by atoms with Crippen molar-refractivity contribution in [2.45, 2.75) is 65.5 Å². The number of carbonyl (C=O) groups excluding carboxylic acids is 1. The van der Waals surface area contributed by atoms with Crippen LogP contribution in [0, 0.1) is 18.8 Å². The molecule has 6 heteroatoms. The van der Waals surface area contributed by atoms with E-state index >= 15 is 0 Å². The Morgan fingerprint density at radius 3 is 2.70 bits per heavy atom. The van der Waals surface area contributed by atoms with E-state index in [1.54, 1.807) is 7.11 Å². The molecular formula is C17H30N4O2. The molecule has 0 saturated heterocycles. The Hall–Kier alpha value is -1.43. The van der Waals surface area contributed by atoms with E-state index in [9.17, 15) is 4.79 Å². The normalized spacial score (nSPS) is 16.9. The highest BCUT2D eigenvalue weighted by molar-refractivity contribution is 5.93. The molecule has 0 radical (unpaired) electrons. The van der Waals surface area contributed by atoms with Crippen molar-refractivity contribution in [1.29, 1.82) is 0 Å². The van der Waals surface area contributed by atoms with E-state index in [4.69, 9.17) is 4.74 Å². The summed E-state index contributed by atoms with van der Waals surface area (Å²) in [5.41, 5.74) is 1.29. The van der Waals surface area contributed by atoms with Crippen molar-refractivity contribution in [1.82, 2.24) is 20.3 Å². The molecular weight excluding hydrogens is 292 g/mol. The minimum Gasteiger partial charge on any atom is -0.380 e. The first-order valence-corrected chi connectivity index (χ1v) is 8.72. The fourth-order valence-corrected chi connectivity index (χ4v) is 3.26. The Bertz CT molecular complexity index is 507. The van der Waals surface area contributed by atoms with Gasteiger partial charge in [-0.15, -0.1) is 5.10 Å². The fraction of sp³-hybridized carbons (Fsp3) is 0.824. The van der Waals surface area contributed by atoms with Gasteiger partial charge in [-0.3, -0.25) is 4.79 Å². The largest absolute Gasteiger partial charge is 0.380 e. The number of nitrogens with zero attached hydrogens (tertiary/aromatic N) is 3. The maximum atomic E-state index is 12.3. The van der Waals surface area contributed by atoms with Gasteiger partial charge in [-0.25, -0.2) is 4.68 Å². The quantitative estimate of drug-likeness (QED) is 0.798. The predicted octanol–water partition coefficient (Wildman–Crippen LogP) is 2.57. The van der Waals surface area contributed by atoms with E-state index in [1.165, 1.54) is 25.7 Å². The van der Waals surface area contributed by atoms with E-state index in [1.807, 2.05) is 11.6 Å². The van der Waals surface area contributed by atoms with Crippen LogP contribution in [0.3, 0.4) is 0 Å². The predicted molar refractivity (Wildman–Crippen MR) is 89.3 cm³/mol. The summed E-state index contributed by atoms with van der Waals surface area (Å²) in [6, 6.07) is 0. The van der Waals surface area contributed by atoms with Crippen LogP contribution in [0.2, 0.25) is 0 Å². The van der Waals surface area contributed by atoms with Crippen LogP contribution >= 0.6 is 0 Å². The number of hydrogen-bond donors (Lipinski definition) is 1. The molecule has 0 spiro atoms. The molecule has 1 aliphatic carbocycles. The van der Waals surface area contributed by atoms with E-state index in [0.29, 0.717) is 24.1 Å². The molecule has 130 valence electrons. The van der Waals surface area contributed by atoms with Gasteiger partial charge in [-0.05, 0) is 38.0 Å². The third kappa shape index (κ3) is 5.03. The monoisotopic (exact) mass is 322 g/mol. The second-order valence-corrected chi connectivity index (χ2v) is 7.05. The summed E-state index contributed by atoms with van der Waals surface area (Å²) in [6.07, 6.45) is 6.08. The second kappa shape index (κ2) is 8.43. The minimum absolute atomic E-state index is 0.0350. The van der Waals surface area contributed by atoms with Crippen LogP contribution in [-0.2, 0) is 11.3 Å². The number of carbonyl (C=O) groups is 1. The molecule has 1 unspecified atom stereocenters. The Morgan fingerprint density at radius 2 is 2.09 bits per heavy atom. The van der Waals surface area contributed by atoms with Gasteiger partial charge in [0, 0.05) is 20.2 Å². The summed E-state index contributed by atoms with van der Waals surface area (Å²) in [7, 11) is 1.68. The van der Waals surface area contributed by atoms with Crippen molar-refractivity contribution in [3.8, 4) is 0 Å². The van der Waals surface area contributed by atoms with Crippen LogP contribution in [0.5, 0.6) is 0 Å². The molecule has 1 N–H and O–H groups in total. The number of methoxy groups -OCH3 is 1. The molecule has 23 heavy (non-hydrogen) atoms. The zero-order valence-electron chi connectivity index (χ0n) is 14.8. The van der Waals surface area contributed by atoms with E-state index in [0.717, 1.165) is 18.7 Å². The van der Waals surface area contributed by atoms with Crippen LogP contribution in [0.4, 0.5) is 0 Å². The maximum absolute atomic E-state index is 12.3. The molecule has 1 aromatic heterocycles. The molecule has 1 aliphatic rings. The molecule has 2 rings (SSSR count). The SMILES string of the molecule is COC(CNC(=O)c1nnn(CC2CCCC2)c1C)CC(C)C. The number of aromatic nitrogens is 3. The summed E-state index contributed by atoms with van der Waals surface area (Å²) < 4.78 is 7.30. The van der Waals surface area contributed by atoms with Crippen LogP contribution in [-0.4, -0.2) is 40.7 Å². The van der Waals surface area contributed by atoms with Crippen molar-refractivity contribution in [3.63, 3.8) is 0 Å². The third-order valence-electron chi connectivity index (χ3n) is 4.66. The first-order chi connectivity index (χ1) is 11.0. The lowest BCUT2D eigenvalue weighted by atomic mass is 10.1. The average molecular weight is 322 g/mol. The number of ether oxygens (including phenoxy) is 1. The lowest BCUT2D eigenvalue weighted by molar-refractivity contribution is 0.0738. The van der Waals surface area contributed by atoms with Crippen molar-refractivity contribution in [3.05, 3.63) is 11.4 Å². The molecule has 6 nitrogen and oxygen atoms in total. The van der Waals surface area contributed by atoms with Gasteiger partial charge in [0.1, 0.15) is 0 Å². The van der Waals surface area contributed by atoms with Gasteiger partial charge < -0.3 is 10.1 Å². The minimum atomic E-state index is -0.161. The number of rotatable bonds is 8. The lowest BCUT2D eigenvalue weighted by Gasteiger charge is -2.17. The molecule has 0 aliphatic heterocycles. The van der Waals surface area contributed by atoms with Gasteiger partial charge in [0.15, 0.2) is 5.69 Å². The first kappa shape index (κ1) is 17.9. The summed E-state index contributed by atoms with van der Waals surface area (Å²) in [5, 5.41) is 11.2. The Labute approximate surface area is 139 Å². The Kier molecular flexibility index (Phi) is 6.57. The summed E-state index contributed by atoms with van der Waals surface area (Å²) in [4.78, 5) is 12.3. The topological polar surface area (TPSA) is 69.0 Å². The van der Waals surface area contributed by atoms with Crippen molar-refractivity contribution >= 4 is 5.91 Å². The van der Waals surface area contributed by atoms with E-state index in [2.05, 4.69) is 29.5 Å². The van der Waals surface area contributed by atoms with Gasteiger partial charge >= 0.3 is 0 Å². The Morgan fingerprint density at radius 1 is 1.39 bits per heavy atom. The summed E-state index contributed by atoms with van der Waals surface area (Å²) in [6.45, 7) is 7.59. The van der Waals surface area contributed by atoms with Gasteiger partial charge in [-0.1, -0.05) is 31.9 Å². The number of nitrogens with one attached hydrogen (secondary N) is 1. The molecule has 1 saturated carbocycles. The zero-order chi connectivity index (χ0) is 16.8. The average Bonchev–Trinajstić information content (AvgIpc) is 3.14. The molecule has 0 aromatic carbocycles. The van der Waals surface area contributed by atoms with E-state index in [-0.39, 0.29) is 12.0 Å². The molecule has 1 heterocycles. The number of amides is 1. The van der Waals surface area contributed by atoms with Crippen molar-refractivity contribution < 1.29 is 9.53 Å². The smallest absolute Gasteiger partial charge is 0.273 e. The highest BCUT2D eigenvalue weighted by Gasteiger charge is 2.21. The fourth-order valence-electron chi connectivity index (χ4n) is 3.26. The highest BCUT2D eigenvalue weighted by atomic mass is 16.5. The van der Waals surface area contributed by atoms with Gasteiger partial charge in [0.25, 0.3) is 5.91 Å². The molecule has 1 amide bonds. The zero-order valence-corrected chi connectivity index (χ0v) is 14.8. The maximum Gasteiger partial charge on any atom is 0.273 e. The highest BCUT2D eigenvalue weighted by Crippen LogP contribution is 2.26. The Balaban J connectivity index is 1.90. The van der Waals surface area contributed by atoms with Crippen molar-refractivity contribution in [2.75, 3.05) is 13.7 Å².